The number of fused-ring (bicyclic) bond motifs is 2. The van der Waals surface area contributed by atoms with E-state index in [2.05, 4.69) is 11.9 Å². The SMILES string of the molecule is C=CCO[C@@H]1CCN2C(=O)c3cc(-c4ccccc4)ccc3NC(=O)[C@H]12. The zero-order valence-electron chi connectivity index (χ0n) is 14.4. The number of hydrogen-bond donors (Lipinski definition) is 1. The smallest absolute Gasteiger partial charge is 0.256 e. The van der Waals surface area contributed by atoms with Gasteiger partial charge in [0.25, 0.3) is 5.91 Å². The first-order chi connectivity index (χ1) is 12.7. The molecule has 0 saturated carbocycles. The molecule has 132 valence electrons. The zero-order chi connectivity index (χ0) is 18.1. The molecule has 2 heterocycles. The molecule has 0 spiro atoms. The van der Waals surface area contributed by atoms with Gasteiger partial charge in [-0.25, -0.2) is 0 Å². The highest BCUT2D eigenvalue weighted by Crippen LogP contribution is 2.33. The predicted molar refractivity (Wildman–Crippen MR) is 99.9 cm³/mol. The lowest BCUT2D eigenvalue weighted by Crippen LogP contribution is -2.46. The minimum absolute atomic E-state index is 0.133. The van der Waals surface area contributed by atoms with Gasteiger partial charge in [-0.2, -0.15) is 0 Å². The van der Waals surface area contributed by atoms with Crippen LogP contribution in [0.15, 0.2) is 61.2 Å². The van der Waals surface area contributed by atoms with Crippen LogP contribution in [0.1, 0.15) is 16.8 Å². The molecule has 2 aromatic rings. The summed E-state index contributed by atoms with van der Waals surface area (Å²) < 4.78 is 5.71. The van der Waals surface area contributed by atoms with Crippen molar-refractivity contribution in [2.45, 2.75) is 18.6 Å². The first-order valence-corrected chi connectivity index (χ1v) is 8.73. The second kappa shape index (κ2) is 6.77. The lowest BCUT2D eigenvalue weighted by atomic mass is 10.0. The summed E-state index contributed by atoms with van der Waals surface area (Å²) in [4.78, 5) is 27.5. The van der Waals surface area contributed by atoms with Crippen LogP contribution in [0.3, 0.4) is 0 Å². The molecule has 1 fully saturated rings. The van der Waals surface area contributed by atoms with Crippen molar-refractivity contribution in [3.05, 3.63) is 66.7 Å². The van der Waals surface area contributed by atoms with E-state index in [1.165, 1.54) is 0 Å². The Morgan fingerprint density at radius 1 is 1.15 bits per heavy atom. The highest BCUT2D eigenvalue weighted by molar-refractivity contribution is 6.11. The summed E-state index contributed by atoms with van der Waals surface area (Å²) in [7, 11) is 0. The van der Waals surface area contributed by atoms with E-state index in [0.717, 1.165) is 11.1 Å². The van der Waals surface area contributed by atoms with Crippen molar-refractivity contribution in [1.29, 1.82) is 0 Å². The average molecular weight is 348 g/mol. The van der Waals surface area contributed by atoms with Gasteiger partial charge < -0.3 is 15.0 Å². The topological polar surface area (TPSA) is 58.6 Å². The van der Waals surface area contributed by atoms with E-state index >= 15 is 0 Å². The third kappa shape index (κ3) is 2.80. The van der Waals surface area contributed by atoms with Crippen molar-refractivity contribution in [1.82, 2.24) is 4.90 Å². The van der Waals surface area contributed by atoms with Gasteiger partial charge in [-0.15, -0.1) is 6.58 Å². The van der Waals surface area contributed by atoms with E-state index in [4.69, 9.17) is 4.74 Å². The number of benzene rings is 2. The molecule has 5 heteroatoms. The Bertz CT molecular complexity index is 863. The third-order valence-corrected chi connectivity index (χ3v) is 4.92. The first-order valence-electron chi connectivity index (χ1n) is 8.73. The lowest BCUT2D eigenvalue weighted by Gasteiger charge is -2.24. The molecule has 4 rings (SSSR count). The molecule has 2 aliphatic heterocycles. The van der Waals surface area contributed by atoms with Crippen LogP contribution in [0.5, 0.6) is 0 Å². The van der Waals surface area contributed by atoms with Crippen molar-refractivity contribution < 1.29 is 14.3 Å². The van der Waals surface area contributed by atoms with Gasteiger partial charge in [0.05, 0.1) is 24.0 Å². The molecule has 1 N–H and O–H groups in total. The van der Waals surface area contributed by atoms with Crippen molar-refractivity contribution in [2.75, 3.05) is 18.5 Å². The van der Waals surface area contributed by atoms with Crippen LogP contribution < -0.4 is 5.32 Å². The molecule has 0 radical (unpaired) electrons. The number of rotatable bonds is 4. The Balaban J connectivity index is 1.70. The van der Waals surface area contributed by atoms with Gasteiger partial charge in [0, 0.05) is 6.54 Å². The molecule has 2 aliphatic rings. The second-order valence-electron chi connectivity index (χ2n) is 6.51. The van der Waals surface area contributed by atoms with Gasteiger partial charge in [-0.1, -0.05) is 42.5 Å². The fourth-order valence-corrected chi connectivity index (χ4v) is 3.67. The molecule has 0 unspecified atom stereocenters. The monoisotopic (exact) mass is 348 g/mol. The third-order valence-electron chi connectivity index (χ3n) is 4.92. The maximum atomic E-state index is 13.1. The number of amides is 2. The van der Waals surface area contributed by atoms with Crippen LogP contribution in [-0.4, -0.2) is 42.0 Å². The molecule has 26 heavy (non-hydrogen) atoms. The van der Waals surface area contributed by atoms with Gasteiger partial charge in [0.15, 0.2) is 0 Å². The van der Waals surface area contributed by atoms with Crippen LogP contribution in [0, 0.1) is 0 Å². The Kier molecular flexibility index (Phi) is 4.31. The summed E-state index contributed by atoms with van der Waals surface area (Å²) in [5.41, 5.74) is 3.05. The highest BCUT2D eigenvalue weighted by Gasteiger charge is 2.45. The van der Waals surface area contributed by atoms with E-state index in [-0.39, 0.29) is 17.9 Å². The summed E-state index contributed by atoms with van der Waals surface area (Å²) in [5, 5.41) is 2.90. The van der Waals surface area contributed by atoms with Crippen LogP contribution in [0.2, 0.25) is 0 Å². The normalized spacial score (nSPS) is 21.6. The summed E-state index contributed by atoms with van der Waals surface area (Å²) >= 11 is 0. The number of nitrogens with one attached hydrogen (secondary N) is 1. The number of nitrogens with zero attached hydrogens (tertiary/aromatic N) is 1. The molecule has 1 saturated heterocycles. The van der Waals surface area contributed by atoms with Crippen molar-refractivity contribution >= 4 is 17.5 Å². The summed E-state index contributed by atoms with van der Waals surface area (Å²) in [5.74, 6) is -0.332. The molecule has 0 bridgehead atoms. The van der Waals surface area contributed by atoms with Crippen molar-refractivity contribution in [2.24, 2.45) is 0 Å². The number of anilines is 1. The minimum atomic E-state index is -0.602. The molecular formula is C21H20N2O3. The van der Waals surface area contributed by atoms with E-state index in [0.29, 0.717) is 30.8 Å². The Morgan fingerprint density at radius 3 is 2.73 bits per heavy atom. The predicted octanol–water partition coefficient (Wildman–Crippen LogP) is 3.09. The van der Waals surface area contributed by atoms with Crippen molar-refractivity contribution in [3.8, 4) is 11.1 Å². The van der Waals surface area contributed by atoms with Crippen molar-refractivity contribution in [3.63, 3.8) is 0 Å². The molecule has 5 nitrogen and oxygen atoms in total. The van der Waals surface area contributed by atoms with Gasteiger partial charge in [-0.3, -0.25) is 9.59 Å². The van der Waals surface area contributed by atoms with E-state index < -0.39 is 6.04 Å². The lowest BCUT2D eigenvalue weighted by molar-refractivity contribution is -0.122. The Hall–Kier alpha value is -2.92. The standard InChI is InChI=1S/C21H20N2O3/c1-2-12-26-18-10-11-23-19(18)20(24)22-17-9-8-15(13-16(17)21(23)25)14-6-4-3-5-7-14/h2-9,13,18-19H,1,10-12H2,(H,22,24)/t18-,19+/m1/s1. The molecule has 0 aliphatic carbocycles. The molecule has 2 amide bonds. The zero-order valence-corrected chi connectivity index (χ0v) is 14.4. The van der Waals surface area contributed by atoms with E-state index in [1.807, 2.05) is 42.5 Å². The molecule has 2 aromatic carbocycles. The average Bonchev–Trinajstić information content (AvgIpc) is 3.06. The largest absolute Gasteiger partial charge is 0.371 e. The fourth-order valence-electron chi connectivity index (χ4n) is 3.67. The summed E-state index contributed by atoms with van der Waals surface area (Å²) in [6.45, 7) is 4.51. The van der Waals surface area contributed by atoms with Crippen LogP contribution >= 0.6 is 0 Å². The fraction of sp³-hybridized carbons (Fsp3) is 0.238. The van der Waals surface area contributed by atoms with Crippen LogP contribution in [0.25, 0.3) is 11.1 Å². The van der Waals surface area contributed by atoms with E-state index in [1.54, 1.807) is 17.0 Å². The van der Waals surface area contributed by atoms with Gasteiger partial charge in [0.1, 0.15) is 6.04 Å². The summed E-state index contributed by atoms with van der Waals surface area (Å²) in [6.07, 6.45) is 1.99. The number of carbonyl (C=O) groups excluding carboxylic acids is 2. The van der Waals surface area contributed by atoms with Gasteiger partial charge in [-0.05, 0) is 29.7 Å². The first kappa shape index (κ1) is 16.5. The van der Waals surface area contributed by atoms with Gasteiger partial charge in [0.2, 0.25) is 5.91 Å². The Labute approximate surface area is 152 Å². The summed E-state index contributed by atoms with van der Waals surface area (Å²) in [6, 6.07) is 14.8. The number of carbonyl (C=O) groups is 2. The molecule has 0 aromatic heterocycles. The van der Waals surface area contributed by atoms with Gasteiger partial charge >= 0.3 is 0 Å². The van der Waals surface area contributed by atoms with Crippen LogP contribution in [-0.2, 0) is 9.53 Å². The maximum Gasteiger partial charge on any atom is 0.256 e. The maximum absolute atomic E-state index is 13.1. The highest BCUT2D eigenvalue weighted by atomic mass is 16.5. The van der Waals surface area contributed by atoms with E-state index in [9.17, 15) is 9.59 Å². The number of ether oxygens (including phenoxy) is 1. The minimum Gasteiger partial charge on any atom is -0.371 e. The molecule has 2 atom stereocenters. The number of hydrogen-bond acceptors (Lipinski definition) is 3. The second-order valence-corrected chi connectivity index (χ2v) is 6.51. The quantitative estimate of drug-likeness (QED) is 0.864. The Morgan fingerprint density at radius 2 is 1.96 bits per heavy atom. The molecular weight excluding hydrogens is 328 g/mol. The van der Waals surface area contributed by atoms with Crippen LogP contribution in [0.4, 0.5) is 5.69 Å².